The third-order valence-electron chi connectivity index (χ3n) is 3.26. The van der Waals surface area contributed by atoms with Gasteiger partial charge in [0.15, 0.2) is 0 Å². The predicted octanol–water partition coefficient (Wildman–Crippen LogP) is 0.194. The highest BCUT2D eigenvalue weighted by Gasteiger charge is 2.40. The van der Waals surface area contributed by atoms with E-state index in [1.54, 1.807) is 0 Å². The van der Waals surface area contributed by atoms with Crippen LogP contribution in [0.4, 0.5) is 0 Å². The van der Waals surface area contributed by atoms with E-state index in [0.717, 1.165) is 6.42 Å². The summed E-state index contributed by atoms with van der Waals surface area (Å²) in [5.74, 6) is -0.440. The Labute approximate surface area is 84.0 Å². The molecule has 1 rings (SSSR count). The van der Waals surface area contributed by atoms with Crippen molar-refractivity contribution in [2.45, 2.75) is 39.2 Å². The summed E-state index contributed by atoms with van der Waals surface area (Å²) in [7, 11) is 0. The maximum Gasteiger partial charge on any atom is 0.234 e. The Morgan fingerprint density at radius 2 is 2.14 bits per heavy atom. The zero-order chi connectivity index (χ0) is 10.9. The molecule has 0 aliphatic heterocycles. The monoisotopic (exact) mass is 198 g/mol. The molecule has 14 heavy (non-hydrogen) atoms. The first-order valence-corrected chi connectivity index (χ1v) is 4.91. The first-order valence-electron chi connectivity index (χ1n) is 4.91. The molecule has 4 heteroatoms. The lowest BCUT2D eigenvalue weighted by Gasteiger charge is -2.40. The molecule has 0 aromatic rings. The molecule has 1 fully saturated rings. The van der Waals surface area contributed by atoms with Crippen LogP contribution in [-0.4, -0.2) is 17.7 Å². The van der Waals surface area contributed by atoms with Crippen molar-refractivity contribution in [3.63, 3.8) is 0 Å². The van der Waals surface area contributed by atoms with Gasteiger partial charge < -0.3 is 11.5 Å². The van der Waals surface area contributed by atoms with E-state index < -0.39 is 11.9 Å². The summed E-state index contributed by atoms with van der Waals surface area (Å²) < 4.78 is 0. The molecular weight excluding hydrogens is 180 g/mol. The Morgan fingerprint density at radius 3 is 2.64 bits per heavy atom. The molecule has 1 amide bonds. The first kappa shape index (κ1) is 11.2. The summed E-state index contributed by atoms with van der Waals surface area (Å²) in [5, 5.41) is 0. The van der Waals surface area contributed by atoms with Gasteiger partial charge in [0.05, 0.1) is 6.04 Å². The molecule has 0 saturated heterocycles. The number of ketones is 1. The molecule has 0 bridgehead atoms. The number of amides is 1. The Hall–Kier alpha value is -0.900. The largest absolute Gasteiger partial charge is 0.368 e. The maximum absolute atomic E-state index is 11.3. The standard InChI is InChI=1S/C10H18N2O2/c1-10(2)4-3-6(13)5-7(10)8(11)9(12)14/h7-8H,3-5,11H2,1-2H3,(H2,12,14). The number of nitrogens with two attached hydrogens (primary N) is 2. The van der Waals surface area contributed by atoms with Crippen LogP contribution in [0.5, 0.6) is 0 Å². The second kappa shape index (κ2) is 3.69. The molecule has 4 nitrogen and oxygen atoms in total. The van der Waals surface area contributed by atoms with Gasteiger partial charge in [-0.1, -0.05) is 13.8 Å². The van der Waals surface area contributed by atoms with Crippen molar-refractivity contribution in [1.82, 2.24) is 0 Å². The van der Waals surface area contributed by atoms with Crippen molar-refractivity contribution in [1.29, 1.82) is 0 Å². The van der Waals surface area contributed by atoms with Crippen molar-refractivity contribution in [3.05, 3.63) is 0 Å². The van der Waals surface area contributed by atoms with Crippen molar-refractivity contribution < 1.29 is 9.59 Å². The number of hydrogen-bond acceptors (Lipinski definition) is 3. The summed E-state index contributed by atoms with van der Waals surface area (Å²) in [6.45, 7) is 4.07. The highest BCUT2D eigenvalue weighted by molar-refractivity contribution is 5.84. The Kier molecular flexibility index (Phi) is 2.95. The van der Waals surface area contributed by atoms with E-state index >= 15 is 0 Å². The second-order valence-corrected chi connectivity index (χ2v) is 4.77. The number of rotatable bonds is 2. The topological polar surface area (TPSA) is 86.2 Å². The van der Waals surface area contributed by atoms with Crippen LogP contribution in [0.25, 0.3) is 0 Å². The van der Waals surface area contributed by atoms with Crippen LogP contribution in [0.15, 0.2) is 0 Å². The molecule has 80 valence electrons. The molecule has 0 aromatic carbocycles. The zero-order valence-corrected chi connectivity index (χ0v) is 8.75. The molecule has 4 N–H and O–H groups in total. The Bertz CT molecular complexity index is 259. The summed E-state index contributed by atoms with van der Waals surface area (Å²) in [6, 6.07) is -0.700. The molecule has 1 aliphatic rings. The van der Waals surface area contributed by atoms with Crippen LogP contribution in [-0.2, 0) is 9.59 Å². The van der Waals surface area contributed by atoms with E-state index in [-0.39, 0.29) is 17.1 Å². The third-order valence-corrected chi connectivity index (χ3v) is 3.26. The van der Waals surface area contributed by atoms with Crippen LogP contribution in [0.3, 0.4) is 0 Å². The average molecular weight is 198 g/mol. The van der Waals surface area contributed by atoms with Crippen molar-refractivity contribution in [3.8, 4) is 0 Å². The number of carbonyl (C=O) groups is 2. The van der Waals surface area contributed by atoms with Gasteiger partial charge in [-0.05, 0) is 17.8 Å². The number of primary amides is 1. The summed E-state index contributed by atoms with van der Waals surface area (Å²) in [5.41, 5.74) is 10.8. The molecule has 0 heterocycles. The van der Waals surface area contributed by atoms with Gasteiger partial charge in [0.25, 0.3) is 0 Å². The van der Waals surface area contributed by atoms with Gasteiger partial charge in [0.2, 0.25) is 5.91 Å². The van der Waals surface area contributed by atoms with Crippen molar-refractivity contribution in [2.24, 2.45) is 22.8 Å². The van der Waals surface area contributed by atoms with Crippen LogP contribution >= 0.6 is 0 Å². The van der Waals surface area contributed by atoms with Gasteiger partial charge >= 0.3 is 0 Å². The first-order chi connectivity index (χ1) is 6.34. The normalized spacial score (nSPS) is 28.5. The van der Waals surface area contributed by atoms with Gasteiger partial charge in [-0.2, -0.15) is 0 Å². The molecule has 0 radical (unpaired) electrons. The Balaban J connectivity index is 2.81. The average Bonchev–Trinajstić information content (AvgIpc) is 2.08. The third kappa shape index (κ3) is 2.12. The molecule has 2 unspecified atom stereocenters. The summed E-state index contributed by atoms with van der Waals surface area (Å²) in [6.07, 6.45) is 1.77. The van der Waals surface area contributed by atoms with E-state index in [4.69, 9.17) is 11.5 Å². The van der Waals surface area contributed by atoms with E-state index in [2.05, 4.69) is 0 Å². The predicted molar refractivity (Wildman–Crippen MR) is 53.3 cm³/mol. The quantitative estimate of drug-likeness (QED) is 0.664. The van der Waals surface area contributed by atoms with Gasteiger partial charge in [-0.3, -0.25) is 9.59 Å². The summed E-state index contributed by atoms with van der Waals surface area (Å²) in [4.78, 5) is 22.3. The van der Waals surface area contributed by atoms with Gasteiger partial charge in [-0.15, -0.1) is 0 Å². The lowest BCUT2D eigenvalue weighted by molar-refractivity contribution is -0.128. The SMILES string of the molecule is CC1(C)CCC(=O)CC1C(N)C(N)=O. The van der Waals surface area contributed by atoms with Crippen molar-refractivity contribution in [2.75, 3.05) is 0 Å². The molecule has 0 spiro atoms. The molecule has 1 saturated carbocycles. The van der Waals surface area contributed by atoms with Gasteiger partial charge in [-0.25, -0.2) is 0 Å². The minimum absolute atomic E-state index is 0.0671. The number of Topliss-reactive ketones (excluding diaryl/α,β-unsaturated/α-hetero) is 1. The molecule has 2 atom stereocenters. The number of hydrogen-bond donors (Lipinski definition) is 2. The minimum Gasteiger partial charge on any atom is -0.368 e. The van der Waals surface area contributed by atoms with Crippen LogP contribution in [0.1, 0.15) is 33.1 Å². The molecule has 0 aromatic heterocycles. The zero-order valence-electron chi connectivity index (χ0n) is 8.75. The van der Waals surface area contributed by atoms with Gasteiger partial charge in [0, 0.05) is 12.8 Å². The maximum atomic E-state index is 11.3. The van der Waals surface area contributed by atoms with Crippen LogP contribution < -0.4 is 11.5 Å². The van der Waals surface area contributed by atoms with E-state index in [1.165, 1.54) is 0 Å². The minimum atomic E-state index is -0.700. The lowest BCUT2D eigenvalue weighted by atomic mass is 9.65. The number of carbonyl (C=O) groups excluding carboxylic acids is 2. The lowest BCUT2D eigenvalue weighted by Crippen LogP contribution is -2.50. The highest BCUT2D eigenvalue weighted by Crippen LogP contribution is 2.40. The van der Waals surface area contributed by atoms with E-state index in [1.807, 2.05) is 13.8 Å². The van der Waals surface area contributed by atoms with Crippen molar-refractivity contribution >= 4 is 11.7 Å². The van der Waals surface area contributed by atoms with E-state index in [9.17, 15) is 9.59 Å². The smallest absolute Gasteiger partial charge is 0.234 e. The second-order valence-electron chi connectivity index (χ2n) is 4.77. The molecule has 1 aliphatic carbocycles. The van der Waals surface area contributed by atoms with Crippen LogP contribution in [0, 0.1) is 11.3 Å². The fourth-order valence-electron chi connectivity index (χ4n) is 2.08. The van der Waals surface area contributed by atoms with Crippen LogP contribution in [0.2, 0.25) is 0 Å². The Morgan fingerprint density at radius 1 is 1.57 bits per heavy atom. The molecular formula is C10H18N2O2. The van der Waals surface area contributed by atoms with Gasteiger partial charge in [0.1, 0.15) is 5.78 Å². The highest BCUT2D eigenvalue weighted by atomic mass is 16.1. The fraction of sp³-hybridized carbons (Fsp3) is 0.800. The fourth-order valence-corrected chi connectivity index (χ4v) is 2.08. The summed E-state index contributed by atoms with van der Waals surface area (Å²) >= 11 is 0. The van der Waals surface area contributed by atoms with E-state index in [0.29, 0.717) is 12.8 Å².